The van der Waals surface area contributed by atoms with Gasteiger partial charge in [-0.2, -0.15) is 0 Å². The van der Waals surface area contributed by atoms with Crippen LogP contribution in [0.2, 0.25) is 0 Å². The fourth-order valence-electron chi connectivity index (χ4n) is 7.06. The maximum Gasteiger partial charge on any atom is 0.303 e. The number of rotatable bonds is 16. The van der Waals surface area contributed by atoms with Gasteiger partial charge in [0.1, 0.15) is 43.0 Å². The van der Waals surface area contributed by atoms with Gasteiger partial charge in [-0.1, -0.05) is 11.6 Å². The summed E-state index contributed by atoms with van der Waals surface area (Å²) in [5.74, 6) is -9.51. The van der Waals surface area contributed by atoms with Gasteiger partial charge in [-0.25, -0.2) is 0 Å². The van der Waals surface area contributed by atoms with Crippen molar-refractivity contribution in [3.05, 3.63) is 46.6 Å². The van der Waals surface area contributed by atoms with Gasteiger partial charge in [0.2, 0.25) is 0 Å². The Morgan fingerprint density at radius 3 is 1.48 bits per heavy atom. The zero-order chi connectivity index (χ0) is 47.7. The van der Waals surface area contributed by atoms with Crippen LogP contribution >= 0.6 is 0 Å². The van der Waals surface area contributed by atoms with Crippen LogP contribution < -0.4 is 0 Å². The van der Waals surface area contributed by atoms with E-state index in [9.17, 15) is 53.4 Å². The van der Waals surface area contributed by atoms with Crippen molar-refractivity contribution in [2.24, 2.45) is 0 Å². The van der Waals surface area contributed by atoms with Gasteiger partial charge in [0.05, 0.1) is 17.2 Å². The van der Waals surface area contributed by atoms with E-state index in [0.717, 1.165) is 72.2 Å². The monoisotopic (exact) mass is 906 g/mol. The van der Waals surface area contributed by atoms with Gasteiger partial charge in [-0.05, 0) is 38.5 Å². The largest absolute Gasteiger partial charge is 0.507 e. The van der Waals surface area contributed by atoms with Gasteiger partial charge >= 0.3 is 41.8 Å². The van der Waals surface area contributed by atoms with Crippen molar-refractivity contribution in [2.75, 3.05) is 13.2 Å². The molecule has 11 atom stereocenters. The Labute approximate surface area is 365 Å². The first kappa shape index (κ1) is 50.4. The maximum absolute atomic E-state index is 14.0. The Bertz CT molecular complexity index is 2070. The molecule has 2 fully saturated rings. The van der Waals surface area contributed by atoms with E-state index in [0.29, 0.717) is 0 Å². The first-order valence-electron chi connectivity index (χ1n) is 19.7. The van der Waals surface area contributed by atoms with Crippen molar-refractivity contribution >= 4 is 53.4 Å². The minimum Gasteiger partial charge on any atom is -0.507 e. The fourth-order valence-corrected chi connectivity index (χ4v) is 7.06. The van der Waals surface area contributed by atoms with Crippen LogP contribution in [0.15, 0.2) is 35.4 Å². The molecule has 350 valence electrons. The highest BCUT2D eigenvalue weighted by Gasteiger charge is 2.58. The van der Waals surface area contributed by atoms with Crippen molar-refractivity contribution in [1.29, 1.82) is 0 Å². The average molecular weight is 907 g/mol. The number of fused-ring (bicyclic) bond motifs is 1. The summed E-state index contributed by atoms with van der Waals surface area (Å²) in [5.41, 5.74) is -0.592. The number of ketones is 2. The lowest BCUT2D eigenvalue weighted by Crippen LogP contribution is -2.67. The molecule has 2 aliphatic heterocycles. The number of hydrogen-bond acceptors (Lipinski definition) is 22. The smallest absolute Gasteiger partial charge is 0.303 e. The lowest BCUT2D eigenvalue weighted by molar-refractivity contribution is -0.363. The molecule has 0 saturated carbocycles. The number of carbonyl (C=O) groups excluding carboxylic acids is 9. The molecule has 64 heavy (non-hydrogen) atoms. The predicted octanol–water partition coefficient (Wildman–Crippen LogP) is 1.76. The van der Waals surface area contributed by atoms with E-state index >= 15 is 0 Å². The van der Waals surface area contributed by atoms with Crippen molar-refractivity contribution in [1.82, 2.24) is 0 Å². The molecule has 0 bridgehead atoms. The molecule has 22 heteroatoms. The molecule has 22 nitrogen and oxygen atoms in total. The second kappa shape index (κ2) is 21.9. The van der Waals surface area contributed by atoms with Crippen molar-refractivity contribution < 1.29 is 105 Å². The number of ether oxygens (including phenoxy) is 11. The van der Waals surface area contributed by atoms with E-state index < -0.39 is 157 Å². The minimum absolute atomic E-state index is 0.160. The Hall–Kier alpha value is -6.23. The number of Topliss-reactive ketones (excluding diaryl/α,β-unsaturated/α-hetero) is 1. The zero-order valence-electron chi connectivity index (χ0n) is 36.3. The van der Waals surface area contributed by atoms with Crippen LogP contribution in [0.1, 0.15) is 89.5 Å². The van der Waals surface area contributed by atoms with E-state index in [-0.39, 0.29) is 12.0 Å². The first-order valence-corrected chi connectivity index (χ1v) is 19.7. The molecular weight excluding hydrogens is 856 g/mol. The molecule has 1 aliphatic carbocycles. The van der Waals surface area contributed by atoms with Crippen LogP contribution in [0, 0.1) is 0 Å². The molecule has 0 amide bonds. The summed E-state index contributed by atoms with van der Waals surface area (Å²) < 4.78 is 63.4. The quantitative estimate of drug-likeness (QED) is 0.103. The zero-order valence-corrected chi connectivity index (χ0v) is 36.3. The van der Waals surface area contributed by atoms with Crippen LogP contribution in [0.3, 0.4) is 0 Å². The minimum atomic E-state index is -1.94. The molecule has 0 radical (unpaired) electrons. The topological polar surface area (TPSA) is 296 Å². The molecule has 3 aliphatic rings. The highest BCUT2D eigenvalue weighted by molar-refractivity contribution is 6.27. The second-order valence-electron chi connectivity index (χ2n) is 15.0. The molecule has 4 rings (SSSR count). The SMILES string of the molecule is CC(=O)OC[C@H]1O[C@@H](O[C@H]2[C@H](OC(C)=O)[C@@H](OC(C)=O)[C@H](O[C@H](CC=C(C)C)C3=CC(=O)c4c(O)ccc(O)c4C3=O)O[C@@H]2COC(C)=O)[C@H](OC(C)=O)[C@@H](OC(C)=O)[C@H]1OC(C)=O. The van der Waals surface area contributed by atoms with Gasteiger partial charge in [-0.3, -0.25) is 43.2 Å². The van der Waals surface area contributed by atoms with Gasteiger partial charge in [-0.15, -0.1) is 0 Å². The Kier molecular flexibility index (Phi) is 17.3. The second-order valence-corrected chi connectivity index (χ2v) is 15.0. The molecule has 2 heterocycles. The Morgan fingerprint density at radius 1 is 0.578 bits per heavy atom. The van der Waals surface area contributed by atoms with Gasteiger partial charge in [0.25, 0.3) is 0 Å². The molecule has 1 aromatic carbocycles. The normalized spacial score (nSPS) is 26.7. The number of allylic oxidation sites excluding steroid dienone is 2. The number of phenolic OH excluding ortho intramolecular Hbond substituents is 2. The number of carbonyl (C=O) groups is 9. The van der Waals surface area contributed by atoms with Gasteiger partial charge in [0.15, 0.2) is 54.7 Å². The van der Waals surface area contributed by atoms with Crippen molar-refractivity contribution in [2.45, 2.75) is 136 Å². The van der Waals surface area contributed by atoms with Gasteiger partial charge < -0.3 is 62.3 Å². The number of aromatic hydroxyl groups is 2. The van der Waals surface area contributed by atoms with Crippen molar-refractivity contribution in [3.8, 4) is 11.5 Å². The Balaban J connectivity index is 1.89. The number of hydrogen-bond donors (Lipinski definition) is 2. The average Bonchev–Trinajstić information content (AvgIpc) is 3.17. The van der Waals surface area contributed by atoms with E-state index in [1.165, 1.54) is 0 Å². The number of benzene rings is 1. The van der Waals surface area contributed by atoms with E-state index in [1.807, 2.05) is 0 Å². The maximum atomic E-state index is 14.0. The lowest BCUT2D eigenvalue weighted by Gasteiger charge is -2.49. The molecule has 2 N–H and O–H groups in total. The predicted molar refractivity (Wildman–Crippen MR) is 209 cm³/mol. The number of phenols is 2. The third kappa shape index (κ3) is 12.9. The summed E-state index contributed by atoms with van der Waals surface area (Å²) in [7, 11) is 0. The standard InChI is InChI=1S/C42H50O22/c1-17(2)10-13-29(25-14-28(52)32-26(50)11-12-27(51)33(32)34(25)53)61-41-39(59-23(8)48)38(58-22(7)47)36(31(62-41)16-55-19(4)44)64-42-40(60-24(9)49)37(57-21(6)46)35(56-20(5)45)30(63-42)15-54-18(3)43/h10-12,14,29-31,35-42,50-51H,13,15-16H2,1-9H3/t29-,30-,31-,35+,36-,37+,38+,39-,40-,41-,42+/m1/s1. The molecule has 0 aromatic heterocycles. The highest BCUT2D eigenvalue weighted by Crippen LogP contribution is 2.39. The molecule has 2 saturated heterocycles. The summed E-state index contributed by atoms with van der Waals surface area (Å²) in [5, 5.41) is 21.1. The van der Waals surface area contributed by atoms with Crippen molar-refractivity contribution in [3.63, 3.8) is 0 Å². The van der Waals surface area contributed by atoms with Crippen LogP contribution in [-0.4, -0.2) is 144 Å². The van der Waals surface area contributed by atoms with E-state index in [2.05, 4.69) is 0 Å². The summed E-state index contributed by atoms with van der Waals surface area (Å²) in [4.78, 5) is 115. The lowest BCUT2D eigenvalue weighted by atomic mass is 9.85. The highest BCUT2D eigenvalue weighted by atomic mass is 16.8. The number of esters is 7. The summed E-state index contributed by atoms with van der Waals surface area (Å²) >= 11 is 0. The third-order valence-corrected chi connectivity index (χ3v) is 9.45. The summed E-state index contributed by atoms with van der Waals surface area (Å²) in [6, 6.07) is 2.05. The summed E-state index contributed by atoms with van der Waals surface area (Å²) in [6.07, 6.45) is -16.7. The van der Waals surface area contributed by atoms with Gasteiger partial charge in [0, 0.05) is 54.0 Å². The molecular formula is C42H50O22. The third-order valence-electron chi connectivity index (χ3n) is 9.45. The Morgan fingerprint density at radius 2 is 1.00 bits per heavy atom. The first-order chi connectivity index (χ1) is 30.0. The fraction of sp³-hybridized carbons (Fsp3) is 0.548. The van der Waals surface area contributed by atoms with E-state index in [4.69, 9.17) is 52.1 Å². The van der Waals surface area contributed by atoms with Crippen LogP contribution in [0.4, 0.5) is 0 Å². The van der Waals surface area contributed by atoms with E-state index in [1.54, 1.807) is 19.9 Å². The summed E-state index contributed by atoms with van der Waals surface area (Å²) in [6.45, 7) is 9.14. The molecule has 1 aromatic rings. The van der Waals surface area contributed by atoms with Crippen LogP contribution in [-0.2, 0) is 85.7 Å². The molecule has 0 unspecified atom stereocenters. The molecule has 0 spiro atoms. The van der Waals surface area contributed by atoms with Crippen LogP contribution in [0.5, 0.6) is 11.5 Å². The van der Waals surface area contributed by atoms with Crippen LogP contribution in [0.25, 0.3) is 0 Å².